The van der Waals surface area contributed by atoms with Gasteiger partial charge in [-0.1, -0.05) is 6.92 Å². The van der Waals surface area contributed by atoms with Crippen molar-refractivity contribution in [1.82, 2.24) is 0 Å². The number of alkyl halides is 2. The van der Waals surface area contributed by atoms with E-state index in [1.54, 1.807) is 12.1 Å². The Balaban J connectivity index is 1.99. The highest BCUT2D eigenvalue weighted by Crippen LogP contribution is 2.47. The van der Waals surface area contributed by atoms with Crippen LogP contribution in [0.25, 0.3) is 0 Å². The van der Waals surface area contributed by atoms with Crippen LogP contribution in [0.5, 0.6) is 5.75 Å². The van der Waals surface area contributed by atoms with Gasteiger partial charge in [0.25, 0.3) is 0 Å². The third kappa shape index (κ3) is 2.37. The summed E-state index contributed by atoms with van der Waals surface area (Å²) >= 11 is 0. The standard InChI is InChI=1S/C15H17F2NO3/c1-2-9-8-15(5-6-20-9)11-7-10(21-14(16)17)3-4-12(11)18-13(15)19/h3-4,7,9,14H,2,5-6,8H2,1H3,(H,18,19). The number of rotatable bonds is 3. The van der Waals surface area contributed by atoms with Crippen LogP contribution in [0.4, 0.5) is 14.5 Å². The van der Waals surface area contributed by atoms with Gasteiger partial charge in [-0.15, -0.1) is 0 Å². The second-order valence-electron chi connectivity index (χ2n) is 5.48. The largest absolute Gasteiger partial charge is 0.435 e. The van der Waals surface area contributed by atoms with E-state index in [2.05, 4.69) is 10.1 Å². The molecular formula is C15H17F2NO3. The maximum atomic E-state index is 12.4. The monoisotopic (exact) mass is 297 g/mol. The van der Waals surface area contributed by atoms with Crippen molar-refractivity contribution in [2.75, 3.05) is 11.9 Å². The summed E-state index contributed by atoms with van der Waals surface area (Å²) in [7, 11) is 0. The number of fused-ring (bicyclic) bond motifs is 2. The molecule has 6 heteroatoms. The average molecular weight is 297 g/mol. The normalized spacial score (nSPS) is 27.8. The topological polar surface area (TPSA) is 47.6 Å². The second kappa shape index (κ2) is 5.26. The highest BCUT2D eigenvalue weighted by molar-refractivity contribution is 6.06. The molecule has 2 heterocycles. The molecule has 21 heavy (non-hydrogen) atoms. The molecule has 0 saturated carbocycles. The number of halogens is 2. The Morgan fingerprint density at radius 3 is 3.05 bits per heavy atom. The summed E-state index contributed by atoms with van der Waals surface area (Å²) in [4.78, 5) is 12.4. The van der Waals surface area contributed by atoms with Crippen molar-refractivity contribution in [3.63, 3.8) is 0 Å². The third-order valence-corrected chi connectivity index (χ3v) is 4.33. The number of carbonyl (C=O) groups is 1. The number of anilines is 1. The second-order valence-corrected chi connectivity index (χ2v) is 5.48. The Labute approximate surface area is 121 Å². The van der Waals surface area contributed by atoms with Crippen LogP contribution in [0.15, 0.2) is 18.2 Å². The first-order valence-corrected chi connectivity index (χ1v) is 7.07. The number of amides is 1. The molecule has 2 aliphatic heterocycles. The number of benzene rings is 1. The van der Waals surface area contributed by atoms with Gasteiger partial charge in [-0.2, -0.15) is 8.78 Å². The molecule has 1 N–H and O–H groups in total. The first-order chi connectivity index (χ1) is 10.0. The number of ether oxygens (including phenoxy) is 2. The molecule has 2 aliphatic rings. The minimum absolute atomic E-state index is 0.00937. The van der Waals surface area contributed by atoms with Gasteiger partial charge in [-0.3, -0.25) is 4.79 Å². The fourth-order valence-electron chi connectivity index (χ4n) is 3.23. The van der Waals surface area contributed by atoms with Crippen molar-refractivity contribution < 1.29 is 23.0 Å². The molecule has 1 spiro atoms. The quantitative estimate of drug-likeness (QED) is 0.932. The maximum absolute atomic E-state index is 12.4. The lowest BCUT2D eigenvalue weighted by Crippen LogP contribution is -2.43. The molecule has 0 aromatic heterocycles. The molecule has 1 saturated heterocycles. The van der Waals surface area contributed by atoms with Crippen LogP contribution in [-0.4, -0.2) is 25.2 Å². The summed E-state index contributed by atoms with van der Waals surface area (Å²) in [6.45, 7) is -0.374. The lowest BCUT2D eigenvalue weighted by Gasteiger charge is -2.36. The summed E-state index contributed by atoms with van der Waals surface area (Å²) in [5.74, 6) is 0.00705. The van der Waals surface area contributed by atoms with Crippen molar-refractivity contribution in [2.24, 2.45) is 0 Å². The van der Waals surface area contributed by atoms with E-state index in [0.717, 1.165) is 12.0 Å². The van der Waals surface area contributed by atoms with Gasteiger partial charge in [0, 0.05) is 12.3 Å². The lowest BCUT2D eigenvalue weighted by molar-refractivity contribution is -0.126. The molecule has 1 aromatic carbocycles. The van der Waals surface area contributed by atoms with Crippen LogP contribution in [-0.2, 0) is 14.9 Å². The minimum Gasteiger partial charge on any atom is -0.435 e. The van der Waals surface area contributed by atoms with E-state index in [4.69, 9.17) is 4.74 Å². The summed E-state index contributed by atoms with van der Waals surface area (Å²) in [6, 6.07) is 4.62. The number of hydrogen-bond acceptors (Lipinski definition) is 3. The molecule has 1 aromatic rings. The smallest absolute Gasteiger partial charge is 0.387 e. The van der Waals surface area contributed by atoms with Crippen molar-refractivity contribution >= 4 is 11.6 Å². The van der Waals surface area contributed by atoms with Gasteiger partial charge in [0.05, 0.1) is 11.5 Å². The van der Waals surface area contributed by atoms with Crippen LogP contribution in [0.2, 0.25) is 0 Å². The number of hydrogen-bond donors (Lipinski definition) is 1. The van der Waals surface area contributed by atoms with Crippen molar-refractivity contribution in [3.8, 4) is 5.75 Å². The number of nitrogens with one attached hydrogen (secondary N) is 1. The summed E-state index contributed by atoms with van der Waals surface area (Å²) in [5, 5.41) is 2.85. The van der Waals surface area contributed by atoms with Gasteiger partial charge < -0.3 is 14.8 Å². The zero-order valence-corrected chi connectivity index (χ0v) is 11.7. The van der Waals surface area contributed by atoms with Crippen molar-refractivity contribution in [3.05, 3.63) is 23.8 Å². The van der Waals surface area contributed by atoms with Crippen LogP contribution in [0, 0.1) is 0 Å². The first kappa shape index (κ1) is 14.3. The maximum Gasteiger partial charge on any atom is 0.387 e. The number of carbonyl (C=O) groups excluding carboxylic acids is 1. The zero-order chi connectivity index (χ0) is 15.0. The Morgan fingerprint density at radius 1 is 1.52 bits per heavy atom. The molecule has 2 atom stereocenters. The predicted molar refractivity (Wildman–Crippen MR) is 72.6 cm³/mol. The SMILES string of the molecule is CCC1CC2(CCO1)C(=O)Nc1ccc(OC(F)F)cc12. The summed E-state index contributed by atoms with van der Waals surface area (Å²) in [5.41, 5.74) is 0.737. The van der Waals surface area contributed by atoms with Crippen molar-refractivity contribution in [2.45, 2.75) is 44.3 Å². The van der Waals surface area contributed by atoms with E-state index in [1.807, 2.05) is 6.92 Å². The van der Waals surface area contributed by atoms with E-state index in [0.29, 0.717) is 25.1 Å². The Morgan fingerprint density at radius 2 is 2.33 bits per heavy atom. The predicted octanol–water partition coefficient (Wildman–Crippen LogP) is 3.07. The molecule has 114 valence electrons. The van der Waals surface area contributed by atoms with Crippen LogP contribution < -0.4 is 10.1 Å². The van der Waals surface area contributed by atoms with Gasteiger partial charge in [-0.25, -0.2) is 0 Å². The third-order valence-electron chi connectivity index (χ3n) is 4.33. The average Bonchev–Trinajstić information content (AvgIpc) is 2.71. The van der Waals surface area contributed by atoms with E-state index < -0.39 is 12.0 Å². The summed E-state index contributed by atoms with van der Waals surface area (Å²) in [6.07, 6.45) is 1.95. The summed E-state index contributed by atoms with van der Waals surface area (Å²) < 4.78 is 34.8. The lowest BCUT2D eigenvalue weighted by atomic mass is 9.73. The Bertz CT molecular complexity index is 564. The van der Waals surface area contributed by atoms with E-state index in [9.17, 15) is 13.6 Å². The van der Waals surface area contributed by atoms with Crippen LogP contribution in [0.3, 0.4) is 0 Å². The van der Waals surface area contributed by atoms with Gasteiger partial charge >= 0.3 is 6.61 Å². The fourth-order valence-corrected chi connectivity index (χ4v) is 3.23. The zero-order valence-electron chi connectivity index (χ0n) is 11.7. The molecule has 0 bridgehead atoms. The molecule has 0 radical (unpaired) electrons. The molecule has 0 aliphatic carbocycles. The first-order valence-electron chi connectivity index (χ1n) is 7.07. The highest BCUT2D eigenvalue weighted by Gasteiger charge is 2.49. The van der Waals surface area contributed by atoms with E-state index in [-0.39, 0.29) is 17.8 Å². The Hall–Kier alpha value is -1.69. The fraction of sp³-hybridized carbons (Fsp3) is 0.533. The molecule has 1 amide bonds. The molecule has 4 nitrogen and oxygen atoms in total. The molecule has 2 unspecified atom stereocenters. The molecular weight excluding hydrogens is 280 g/mol. The van der Waals surface area contributed by atoms with Gasteiger partial charge in [-0.05, 0) is 43.0 Å². The van der Waals surface area contributed by atoms with Crippen LogP contribution in [0.1, 0.15) is 31.7 Å². The minimum atomic E-state index is -2.87. The molecule has 3 rings (SSSR count). The van der Waals surface area contributed by atoms with E-state index >= 15 is 0 Å². The van der Waals surface area contributed by atoms with Gasteiger partial charge in [0.1, 0.15) is 5.75 Å². The highest BCUT2D eigenvalue weighted by atomic mass is 19.3. The van der Waals surface area contributed by atoms with E-state index in [1.165, 1.54) is 6.07 Å². The van der Waals surface area contributed by atoms with Gasteiger partial charge in [0.15, 0.2) is 0 Å². The van der Waals surface area contributed by atoms with Gasteiger partial charge in [0.2, 0.25) is 5.91 Å². The van der Waals surface area contributed by atoms with Crippen molar-refractivity contribution in [1.29, 1.82) is 0 Å². The van der Waals surface area contributed by atoms with Crippen LogP contribution >= 0.6 is 0 Å². The Kier molecular flexibility index (Phi) is 3.57. The molecule has 1 fully saturated rings.